The largest absolute Gasteiger partial charge is 0.465 e. The molecule has 1 amide bonds. The fourth-order valence-corrected chi connectivity index (χ4v) is 4.97. The number of carbonyl (C=O) groups excluding carboxylic acids is 2. The minimum Gasteiger partial charge on any atom is -0.465 e. The third kappa shape index (κ3) is 5.48. The summed E-state index contributed by atoms with van der Waals surface area (Å²) >= 11 is 1.16. The van der Waals surface area contributed by atoms with Crippen molar-refractivity contribution in [3.63, 3.8) is 0 Å². The van der Waals surface area contributed by atoms with Crippen LogP contribution in [0.5, 0.6) is 0 Å². The number of hydrogen-bond donors (Lipinski definition) is 0. The number of thiazole rings is 1. The van der Waals surface area contributed by atoms with Crippen LogP contribution in [0.15, 0.2) is 46.3 Å². The van der Waals surface area contributed by atoms with Crippen LogP contribution in [0.3, 0.4) is 0 Å². The Balaban J connectivity index is 2.08. The summed E-state index contributed by atoms with van der Waals surface area (Å²) in [6, 6.07) is 10.5. The number of aryl methyl sites for hydroxylation is 2. The first-order valence-electron chi connectivity index (χ1n) is 9.71. The zero-order valence-electron chi connectivity index (χ0n) is 17.8. The summed E-state index contributed by atoms with van der Waals surface area (Å²) in [7, 11) is -3.39. The number of ether oxygens (including phenoxy) is 1. The van der Waals surface area contributed by atoms with E-state index >= 15 is 0 Å². The lowest BCUT2D eigenvalue weighted by Gasteiger charge is -2.06. The highest BCUT2D eigenvalue weighted by Crippen LogP contribution is 2.22. The van der Waals surface area contributed by atoms with Gasteiger partial charge in [-0.25, -0.2) is 8.42 Å². The van der Waals surface area contributed by atoms with Crippen LogP contribution in [-0.4, -0.2) is 37.7 Å². The predicted molar refractivity (Wildman–Crippen MR) is 120 cm³/mol. The van der Waals surface area contributed by atoms with Crippen LogP contribution in [-0.2, 0) is 37.1 Å². The van der Waals surface area contributed by atoms with Gasteiger partial charge in [0.1, 0.15) is 6.54 Å². The fraction of sp³-hybridized carbons (Fsp3) is 0.318. The molecule has 2 aromatic carbocycles. The van der Waals surface area contributed by atoms with Crippen molar-refractivity contribution in [2.24, 2.45) is 4.99 Å². The van der Waals surface area contributed by atoms with E-state index in [-0.39, 0.29) is 30.4 Å². The predicted octanol–water partition coefficient (Wildman–Crippen LogP) is 2.96. The zero-order valence-corrected chi connectivity index (χ0v) is 19.5. The Morgan fingerprint density at radius 2 is 1.87 bits per heavy atom. The average molecular weight is 461 g/mol. The zero-order chi connectivity index (χ0) is 22.8. The van der Waals surface area contributed by atoms with Crippen molar-refractivity contribution in [2.45, 2.75) is 38.6 Å². The maximum atomic E-state index is 12.7. The third-order valence-corrected chi connectivity index (χ3v) is 6.89. The van der Waals surface area contributed by atoms with Gasteiger partial charge in [-0.3, -0.25) is 9.59 Å². The summed E-state index contributed by atoms with van der Waals surface area (Å²) in [5, 5.41) is 0. The molecule has 0 radical (unpaired) electrons. The number of aromatic nitrogens is 1. The van der Waals surface area contributed by atoms with E-state index in [9.17, 15) is 18.0 Å². The van der Waals surface area contributed by atoms with E-state index in [0.29, 0.717) is 15.0 Å². The van der Waals surface area contributed by atoms with Crippen LogP contribution in [0.1, 0.15) is 23.6 Å². The molecule has 7 nitrogen and oxygen atoms in total. The molecule has 9 heteroatoms. The quantitative estimate of drug-likeness (QED) is 0.527. The van der Waals surface area contributed by atoms with Gasteiger partial charge in [0.05, 0.1) is 28.1 Å². The molecule has 0 atom stereocenters. The molecule has 0 saturated carbocycles. The van der Waals surface area contributed by atoms with Gasteiger partial charge >= 0.3 is 5.97 Å². The summed E-state index contributed by atoms with van der Waals surface area (Å²) in [5.41, 5.74) is 3.57. The van der Waals surface area contributed by atoms with Gasteiger partial charge in [-0.15, -0.1) is 0 Å². The first-order valence-corrected chi connectivity index (χ1v) is 12.4. The van der Waals surface area contributed by atoms with E-state index in [1.165, 1.54) is 12.1 Å². The van der Waals surface area contributed by atoms with E-state index < -0.39 is 15.8 Å². The highest BCUT2D eigenvalue weighted by molar-refractivity contribution is 7.90. The van der Waals surface area contributed by atoms with Crippen LogP contribution in [0, 0.1) is 13.8 Å². The molecule has 0 aliphatic heterocycles. The third-order valence-electron chi connectivity index (χ3n) is 4.74. The number of sulfone groups is 1. The Morgan fingerprint density at radius 3 is 2.55 bits per heavy atom. The van der Waals surface area contributed by atoms with Gasteiger partial charge in [0.2, 0.25) is 0 Å². The molecular weight excluding hydrogens is 436 g/mol. The molecular formula is C22H24N2O5S2. The highest BCUT2D eigenvalue weighted by atomic mass is 32.2. The Kier molecular flexibility index (Phi) is 6.76. The fourth-order valence-electron chi connectivity index (χ4n) is 3.16. The first kappa shape index (κ1) is 22.9. The number of benzene rings is 2. The molecule has 3 rings (SSSR count). The van der Waals surface area contributed by atoms with Crippen molar-refractivity contribution in [3.05, 3.63) is 57.9 Å². The summed E-state index contributed by atoms with van der Waals surface area (Å²) in [6.45, 7) is 5.73. The van der Waals surface area contributed by atoms with E-state index in [2.05, 4.69) is 4.99 Å². The molecule has 0 N–H and O–H groups in total. The van der Waals surface area contributed by atoms with Crippen molar-refractivity contribution >= 4 is 43.3 Å². The minimum atomic E-state index is -3.39. The monoisotopic (exact) mass is 460 g/mol. The van der Waals surface area contributed by atoms with Gasteiger partial charge in [0.25, 0.3) is 5.91 Å². The molecule has 0 fully saturated rings. The van der Waals surface area contributed by atoms with Gasteiger partial charge in [-0.05, 0) is 50.1 Å². The molecule has 1 aromatic heterocycles. The van der Waals surface area contributed by atoms with Crippen molar-refractivity contribution in [2.75, 3.05) is 12.9 Å². The summed E-state index contributed by atoms with van der Waals surface area (Å²) in [6.07, 6.45) is 1.27. The Bertz CT molecular complexity index is 1330. The Hall–Kier alpha value is -2.78. The molecule has 0 spiro atoms. The normalized spacial score (nSPS) is 12.3. The number of esters is 1. The van der Waals surface area contributed by atoms with E-state index in [0.717, 1.165) is 34.3 Å². The smallest absolute Gasteiger partial charge is 0.326 e. The van der Waals surface area contributed by atoms with Gasteiger partial charge in [-0.2, -0.15) is 4.99 Å². The van der Waals surface area contributed by atoms with Crippen LogP contribution in [0.25, 0.3) is 10.2 Å². The van der Waals surface area contributed by atoms with Crippen molar-refractivity contribution < 1.29 is 22.7 Å². The number of rotatable bonds is 6. The maximum absolute atomic E-state index is 12.7. The highest BCUT2D eigenvalue weighted by Gasteiger charge is 2.15. The van der Waals surface area contributed by atoms with E-state index in [4.69, 9.17) is 4.74 Å². The van der Waals surface area contributed by atoms with Crippen molar-refractivity contribution in [3.8, 4) is 0 Å². The second kappa shape index (κ2) is 9.15. The Labute approximate surface area is 184 Å². The number of amides is 1. The topological polar surface area (TPSA) is 94.8 Å². The molecule has 0 bridgehead atoms. The summed E-state index contributed by atoms with van der Waals surface area (Å²) in [5.74, 6) is -0.806. The van der Waals surface area contributed by atoms with Crippen LogP contribution in [0.2, 0.25) is 0 Å². The lowest BCUT2D eigenvalue weighted by Crippen LogP contribution is -2.23. The standard InChI is InChI=1S/C22H24N2O5S2/c1-5-29-21(26)13-24-18-9-8-17(31(4,27)28)12-19(18)30-22(24)23-20(25)11-16-10-14(2)6-7-15(16)3/h6-10,12H,5,11,13H2,1-4H3. The molecule has 0 aliphatic carbocycles. The van der Waals surface area contributed by atoms with E-state index in [1.807, 2.05) is 32.0 Å². The van der Waals surface area contributed by atoms with Crippen molar-refractivity contribution in [1.29, 1.82) is 0 Å². The van der Waals surface area contributed by atoms with Gasteiger partial charge < -0.3 is 9.30 Å². The van der Waals surface area contributed by atoms with Crippen LogP contribution < -0.4 is 4.80 Å². The van der Waals surface area contributed by atoms with Gasteiger partial charge in [0, 0.05) is 6.26 Å². The number of fused-ring (bicyclic) bond motifs is 1. The molecule has 1 heterocycles. The first-order chi connectivity index (χ1) is 14.6. The number of hydrogen-bond acceptors (Lipinski definition) is 6. The number of nitrogens with zero attached hydrogens (tertiary/aromatic N) is 2. The number of carbonyl (C=O) groups is 2. The molecule has 0 aliphatic rings. The minimum absolute atomic E-state index is 0.123. The van der Waals surface area contributed by atoms with E-state index in [1.54, 1.807) is 17.6 Å². The molecule has 0 saturated heterocycles. The summed E-state index contributed by atoms with van der Waals surface area (Å²) in [4.78, 5) is 29.6. The molecule has 164 valence electrons. The lowest BCUT2D eigenvalue weighted by molar-refractivity contribution is -0.143. The lowest BCUT2D eigenvalue weighted by atomic mass is 10.0. The van der Waals surface area contributed by atoms with Crippen molar-refractivity contribution in [1.82, 2.24) is 4.57 Å². The van der Waals surface area contributed by atoms with Crippen LogP contribution >= 0.6 is 11.3 Å². The average Bonchev–Trinajstić information content (AvgIpc) is 3.00. The van der Waals surface area contributed by atoms with Gasteiger partial charge in [0.15, 0.2) is 14.6 Å². The molecule has 0 unspecified atom stereocenters. The second-order valence-electron chi connectivity index (χ2n) is 7.29. The molecule has 3 aromatic rings. The second-order valence-corrected chi connectivity index (χ2v) is 10.3. The maximum Gasteiger partial charge on any atom is 0.326 e. The van der Waals surface area contributed by atoms with Gasteiger partial charge in [-0.1, -0.05) is 35.1 Å². The summed E-state index contributed by atoms with van der Waals surface area (Å²) < 4.78 is 31.1. The molecule has 31 heavy (non-hydrogen) atoms. The SMILES string of the molecule is CCOC(=O)Cn1c(=NC(=O)Cc2cc(C)ccc2C)sc2cc(S(C)(=O)=O)ccc21. The van der Waals surface area contributed by atoms with Crippen LogP contribution in [0.4, 0.5) is 0 Å². The Morgan fingerprint density at radius 1 is 1.13 bits per heavy atom.